The Bertz CT molecular complexity index is 704. The van der Waals surface area contributed by atoms with Gasteiger partial charge in [-0.3, -0.25) is 14.6 Å². The predicted octanol–water partition coefficient (Wildman–Crippen LogP) is 2.61. The number of hydrogen-bond donors (Lipinski definition) is 2. The van der Waals surface area contributed by atoms with E-state index in [4.69, 9.17) is 5.11 Å². The average molecular weight is 432 g/mol. The molecule has 7 heteroatoms. The second-order valence-corrected chi connectivity index (χ2v) is 8.75. The number of carbonyl (C=O) groups is 2. The van der Waals surface area contributed by atoms with Crippen molar-refractivity contribution >= 4 is 11.9 Å². The van der Waals surface area contributed by atoms with Gasteiger partial charge in [0.15, 0.2) is 0 Å². The van der Waals surface area contributed by atoms with Gasteiger partial charge in [-0.2, -0.15) is 0 Å². The first kappa shape index (κ1) is 23.7. The van der Waals surface area contributed by atoms with E-state index >= 15 is 0 Å². The predicted molar refractivity (Wildman–Crippen MR) is 119 cm³/mol. The minimum Gasteiger partial charge on any atom is -0.396 e. The van der Waals surface area contributed by atoms with E-state index in [1.165, 1.54) is 10.5 Å². The Morgan fingerprint density at radius 2 is 1.45 bits per heavy atom. The first-order valence-corrected chi connectivity index (χ1v) is 11.7. The molecule has 1 aromatic rings. The summed E-state index contributed by atoms with van der Waals surface area (Å²) in [6.45, 7) is 3.13. The van der Waals surface area contributed by atoms with E-state index in [2.05, 4.69) is 17.0 Å². The largest absolute Gasteiger partial charge is 0.396 e. The number of rotatable bonds is 12. The zero-order chi connectivity index (χ0) is 22.1. The fraction of sp³-hybridized carbons (Fsp3) is 0.667. The molecule has 0 aliphatic carbocycles. The molecular formula is C24H37N3O4. The first-order valence-electron chi connectivity index (χ1n) is 11.7. The van der Waals surface area contributed by atoms with Gasteiger partial charge in [-0.1, -0.05) is 56.0 Å². The van der Waals surface area contributed by atoms with Gasteiger partial charge in [0.05, 0.1) is 6.61 Å². The summed E-state index contributed by atoms with van der Waals surface area (Å²) in [7, 11) is 0. The maximum atomic E-state index is 13.4. The zero-order valence-electron chi connectivity index (χ0n) is 18.5. The van der Waals surface area contributed by atoms with Crippen LogP contribution in [0.4, 0.5) is 4.79 Å². The van der Waals surface area contributed by atoms with Crippen molar-refractivity contribution < 1.29 is 19.8 Å². The number of imide groups is 1. The number of likely N-dealkylation sites (tertiary alicyclic amines) is 1. The van der Waals surface area contributed by atoms with Crippen molar-refractivity contribution in [2.24, 2.45) is 0 Å². The second kappa shape index (κ2) is 11.6. The number of aliphatic hydroxyl groups is 2. The van der Waals surface area contributed by atoms with E-state index in [0.717, 1.165) is 58.2 Å². The van der Waals surface area contributed by atoms with Gasteiger partial charge in [-0.15, -0.1) is 0 Å². The molecule has 0 atom stereocenters. The normalized spacial score (nSPS) is 19.0. The molecule has 3 amide bonds. The van der Waals surface area contributed by atoms with Crippen molar-refractivity contribution in [3.63, 3.8) is 0 Å². The average Bonchev–Trinajstić information content (AvgIpc) is 2.97. The second-order valence-electron chi connectivity index (χ2n) is 8.75. The smallest absolute Gasteiger partial charge is 0.327 e. The molecule has 2 heterocycles. The van der Waals surface area contributed by atoms with E-state index in [9.17, 15) is 14.7 Å². The van der Waals surface area contributed by atoms with Crippen LogP contribution < -0.4 is 0 Å². The highest BCUT2D eigenvalue weighted by molar-refractivity contribution is 6.07. The number of benzene rings is 1. The highest BCUT2D eigenvalue weighted by Crippen LogP contribution is 2.37. The monoisotopic (exact) mass is 431 g/mol. The Morgan fingerprint density at radius 3 is 2.10 bits per heavy atom. The Kier molecular flexibility index (Phi) is 8.87. The maximum absolute atomic E-state index is 13.4. The van der Waals surface area contributed by atoms with Gasteiger partial charge in [-0.25, -0.2) is 4.79 Å². The van der Waals surface area contributed by atoms with Crippen LogP contribution in [0.5, 0.6) is 0 Å². The van der Waals surface area contributed by atoms with Crippen LogP contribution in [0.15, 0.2) is 30.3 Å². The third-order valence-electron chi connectivity index (χ3n) is 6.67. The molecule has 0 saturated carbocycles. The molecule has 1 aromatic carbocycles. The Hall–Kier alpha value is -1.96. The van der Waals surface area contributed by atoms with Gasteiger partial charge < -0.3 is 15.1 Å². The van der Waals surface area contributed by atoms with E-state index < -0.39 is 5.54 Å². The maximum Gasteiger partial charge on any atom is 0.327 e. The molecule has 2 aliphatic rings. The molecule has 0 bridgehead atoms. The molecular weight excluding hydrogens is 394 g/mol. The van der Waals surface area contributed by atoms with Gasteiger partial charge in [0.2, 0.25) is 0 Å². The SMILES string of the molecule is O=C1N(CCCCCCCCO)C(=O)C2(CCN(Cc3ccccc3)CC2)N1CCO. The molecule has 2 N–H and O–H groups in total. The van der Waals surface area contributed by atoms with Gasteiger partial charge in [0.1, 0.15) is 5.54 Å². The molecule has 0 unspecified atom stereocenters. The summed E-state index contributed by atoms with van der Waals surface area (Å²) in [5.41, 5.74) is 0.453. The number of amides is 3. The molecule has 2 aliphatic heterocycles. The van der Waals surface area contributed by atoms with E-state index in [0.29, 0.717) is 19.4 Å². The van der Waals surface area contributed by atoms with Crippen molar-refractivity contribution in [2.45, 2.75) is 63.5 Å². The van der Waals surface area contributed by atoms with Crippen molar-refractivity contribution in [2.75, 3.05) is 39.4 Å². The first-order chi connectivity index (χ1) is 15.1. The van der Waals surface area contributed by atoms with Gasteiger partial charge in [0, 0.05) is 39.3 Å². The summed E-state index contributed by atoms with van der Waals surface area (Å²) >= 11 is 0. The quantitative estimate of drug-likeness (QED) is 0.393. The number of hydrogen-bond acceptors (Lipinski definition) is 5. The highest BCUT2D eigenvalue weighted by atomic mass is 16.3. The number of nitrogens with zero attached hydrogens (tertiary/aromatic N) is 3. The minimum absolute atomic E-state index is 0.0782. The fourth-order valence-electron chi connectivity index (χ4n) is 4.88. The Morgan fingerprint density at radius 1 is 0.806 bits per heavy atom. The number of piperidine rings is 1. The lowest BCUT2D eigenvalue weighted by Crippen LogP contribution is -2.57. The summed E-state index contributed by atoms with van der Waals surface area (Å²) in [6.07, 6.45) is 6.98. The Balaban J connectivity index is 1.56. The molecule has 2 saturated heterocycles. The molecule has 0 radical (unpaired) electrons. The van der Waals surface area contributed by atoms with Crippen LogP contribution in [0, 0.1) is 0 Å². The number of aliphatic hydroxyl groups excluding tert-OH is 2. The van der Waals surface area contributed by atoms with E-state index in [-0.39, 0.29) is 31.7 Å². The van der Waals surface area contributed by atoms with E-state index in [1.807, 2.05) is 18.2 Å². The zero-order valence-corrected chi connectivity index (χ0v) is 18.5. The number of carbonyl (C=O) groups excluding carboxylic acids is 2. The number of unbranched alkanes of at least 4 members (excludes halogenated alkanes) is 5. The molecule has 172 valence electrons. The van der Waals surface area contributed by atoms with Gasteiger partial charge >= 0.3 is 6.03 Å². The van der Waals surface area contributed by atoms with E-state index in [1.54, 1.807) is 4.90 Å². The Labute approximate surface area is 185 Å². The van der Waals surface area contributed by atoms with Crippen molar-refractivity contribution in [3.05, 3.63) is 35.9 Å². The number of β-amino-alcohol motifs (C(OH)–C–C–N with tert-alkyl or cyclic N) is 1. The molecule has 0 aromatic heterocycles. The summed E-state index contributed by atoms with van der Waals surface area (Å²) in [6, 6.07) is 10.1. The third-order valence-corrected chi connectivity index (χ3v) is 6.67. The van der Waals surface area contributed by atoms with Crippen LogP contribution in [0.2, 0.25) is 0 Å². The molecule has 7 nitrogen and oxygen atoms in total. The lowest BCUT2D eigenvalue weighted by molar-refractivity contribution is -0.135. The standard InChI is InChI=1S/C24H37N3O4/c28-18-9-4-2-1-3-8-14-26-22(30)24(27(17-19-29)23(26)31)12-15-25(16-13-24)20-21-10-6-5-7-11-21/h5-7,10-11,28-29H,1-4,8-9,12-20H2. The van der Waals surface area contributed by atoms with Gasteiger partial charge in [-0.05, 0) is 31.2 Å². The number of urea groups is 1. The van der Waals surface area contributed by atoms with Crippen LogP contribution in [0.1, 0.15) is 56.9 Å². The van der Waals surface area contributed by atoms with Crippen molar-refractivity contribution in [3.8, 4) is 0 Å². The molecule has 31 heavy (non-hydrogen) atoms. The van der Waals surface area contributed by atoms with Crippen molar-refractivity contribution in [1.82, 2.24) is 14.7 Å². The lowest BCUT2D eigenvalue weighted by atomic mass is 9.85. The summed E-state index contributed by atoms with van der Waals surface area (Å²) in [5, 5.41) is 18.4. The van der Waals surface area contributed by atoms with Crippen LogP contribution >= 0.6 is 0 Å². The molecule has 2 fully saturated rings. The van der Waals surface area contributed by atoms with Crippen molar-refractivity contribution in [1.29, 1.82) is 0 Å². The van der Waals surface area contributed by atoms with Crippen LogP contribution in [-0.4, -0.2) is 81.8 Å². The summed E-state index contributed by atoms with van der Waals surface area (Å²) in [4.78, 5) is 31.8. The van der Waals surface area contributed by atoms with Crippen LogP contribution in [0.25, 0.3) is 0 Å². The molecule has 1 spiro atoms. The molecule has 3 rings (SSSR count). The highest BCUT2D eigenvalue weighted by Gasteiger charge is 2.57. The third kappa shape index (κ3) is 5.64. The fourth-order valence-corrected chi connectivity index (χ4v) is 4.88. The summed E-state index contributed by atoms with van der Waals surface area (Å²) < 4.78 is 0. The summed E-state index contributed by atoms with van der Waals surface area (Å²) in [5.74, 6) is -0.0782. The lowest BCUT2D eigenvalue weighted by Gasteiger charge is -2.42. The van der Waals surface area contributed by atoms with Crippen LogP contribution in [0.3, 0.4) is 0 Å². The minimum atomic E-state index is -0.797. The van der Waals surface area contributed by atoms with Crippen LogP contribution in [-0.2, 0) is 11.3 Å². The van der Waals surface area contributed by atoms with Gasteiger partial charge in [0.25, 0.3) is 5.91 Å². The topological polar surface area (TPSA) is 84.3 Å².